The molecule has 0 aliphatic carbocycles. The van der Waals surface area contributed by atoms with E-state index in [0.717, 1.165) is 37.2 Å². The first-order chi connectivity index (χ1) is 15.8. The van der Waals surface area contributed by atoms with Gasteiger partial charge in [0.25, 0.3) is 0 Å². The third kappa shape index (κ3) is 4.74. The molecule has 1 fully saturated rings. The van der Waals surface area contributed by atoms with Gasteiger partial charge < -0.3 is 4.74 Å². The third-order valence-electron chi connectivity index (χ3n) is 6.47. The highest BCUT2D eigenvalue weighted by Crippen LogP contribution is 2.33. The van der Waals surface area contributed by atoms with Gasteiger partial charge in [-0.2, -0.15) is 0 Å². The Kier molecular flexibility index (Phi) is 6.29. The van der Waals surface area contributed by atoms with Crippen LogP contribution >= 0.6 is 0 Å². The molecule has 32 heavy (non-hydrogen) atoms. The summed E-state index contributed by atoms with van der Waals surface area (Å²) < 4.78 is 21.2. The van der Waals surface area contributed by atoms with E-state index in [9.17, 15) is 4.39 Å². The molecule has 0 N–H and O–H groups in total. The summed E-state index contributed by atoms with van der Waals surface area (Å²) in [4.78, 5) is 2.43. The average molecular weight is 426 g/mol. The molecule has 0 amide bonds. The van der Waals surface area contributed by atoms with Gasteiger partial charge >= 0.3 is 0 Å². The van der Waals surface area contributed by atoms with E-state index in [4.69, 9.17) is 4.74 Å². The Hall–Kier alpha value is -3.01. The molecule has 5 rings (SSSR count). The van der Waals surface area contributed by atoms with Crippen molar-refractivity contribution in [1.82, 2.24) is 4.90 Å². The van der Waals surface area contributed by atoms with Crippen molar-refractivity contribution in [2.45, 2.75) is 31.6 Å². The zero-order valence-electron chi connectivity index (χ0n) is 18.2. The van der Waals surface area contributed by atoms with Crippen molar-refractivity contribution in [3.05, 3.63) is 120 Å². The van der Waals surface area contributed by atoms with Crippen LogP contribution in [0.25, 0.3) is 10.8 Å². The molecule has 0 radical (unpaired) electrons. The standard InChI is InChI=1S/C29H28FNO/c30-28-13-7-6-12-26(28)27-16-17-31(19-22-8-2-1-3-9-22)20-29(27)32-21-23-14-15-24-10-4-5-11-25(24)18-23/h1-15,18,27,29H,16-17,19-21H2. The Bertz CT molecular complexity index is 1180. The summed E-state index contributed by atoms with van der Waals surface area (Å²) in [5.74, 6) is -0.0722. The molecule has 1 saturated heterocycles. The lowest BCUT2D eigenvalue weighted by Gasteiger charge is -2.39. The molecule has 0 spiro atoms. The monoisotopic (exact) mass is 425 g/mol. The molecule has 4 aromatic carbocycles. The molecule has 2 unspecified atom stereocenters. The molecular weight excluding hydrogens is 397 g/mol. The van der Waals surface area contributed by atoms with Gasteiger partial charge in [-0.15, -0.1) is 0 Å². The number of rotatable bonds is 6. The second-order valence-corrected chi connectivity index (χ2v) is 8.67. The highest BCUT2D eigenvalue weighted by molar-refractivity contribution is 5.82. The zero-order chi connectivity index (χ0) is 21.8. The van der Waals surface area contributed by atoms with Gasteiger partial charge in [-0.05, 0) is 52.6 Å². The fourth-order valence-corrected chi connectivity index (χ4v) is 4.80. The van der Waals surface area contributed by atoms with Crippen LogP contribution in [0.5, 0.6) is 0 Å². The average Bonchev–Trinajstić information content (AvgIpc) is 2.84. The maximum absolute atomic E-state index is 14.7. The van der Waals surface area contributed by atoms with Crippen molar-refractivity contribution < 1.29 is 9.13 Å². The highest BCUT2D eigenvalue weighted by Gasteiger charge is 2.32. The topological polar surface area (TPSA) is 12.5 Å². The van der Waals surface area contributed by atoms with Crippen molar-refractivity contribution >= 4 is 10.8 Å². The van der Waals surface area contributed by atoms with Crippen molar-refractivity contribution in [1.29, 1.82) is 0 Å². The fourth-order valence-electron chi connectivity index (χ4n) is 4.80. The second-order valence-electron chi connectivity index (χ2n) is 8.67. The summed E-state index contributed by atoms with van der Waals surface area (Å²) in [5.41, 5.74) is 3.22. The van der Waals surface area contributed by atoms with Gasteiger partial charge in [0.1, 0.15) is 5.82 Å². The van der Waals surface area contributed by atoms with E-state index in [0.29, 0.717) is 6.61 Å². The largest absolute Gasteiger partial charge is 0.372 e. The minimum Gasteiger partial charge on any atom is -0.372 e. The Morgan fingerprint density at radius 1 is 0.781 bits per heavy atom. The summed E-state index contributed by atoms with van der Waals surface area (Å²) in [6, 6.07) is 32.5. The normalized spacial score (nSPS) is 19.3. The van der Waals surface area contributed by atoms with E-state index in [1.165, 1.54) is 16.3 Å². The van der Waals surface area contributed by atoms with Crippen LogP contribution < -0.4 is 0 Å². The number of piperidine rings is 1. The Labute approximate surface area is 189 Å². The van der Waals surface area contributed by atoms with Gasteiger partial charge in [-0.3, -0.25) is 4.90 Å². The van der Waals surface area contributed by atoms with Crippen LogP contribution in [0.3, 0.4) is 0 Å². The van der Waals surface area contributed by atoms with Gasteiger partial charge in [0.05, 0.1) is 12.7 Å². The molecule has 0 bridgehead atoms. The molecule has 3 heteroatoms. The molecule has 0 saturated carbocycles. The summed E-state index contributed by atoms with van der Waals surface area (Å²) in [6.07, 6.45) is 0.826. The van der Waals surface area contributed by atoms with Crippen LogP contribution in [0.4, 0.5) is 4.39 Å². The van der Waals surface area contributed by atoms with E-state index >= 15 is 0 Å². The number of nitrogens with zero attached hydrogens (tertiary/aromatic N) is 1. The van der Waals surface area contributed by atoms with Crippen molar-refractivity contribution in [2.24, 2.45) is 0 Å². The first kappa shape index (κ1) is 20.9. The zero-order valence-corrected chi connectivity index (χ0v) is 18.2. The molecule has 162 valence electrons. The molecule has 4 aromatic rings. The lowest BCUT2D eigenvalue weighted by atomic mass is 9.86. The Morgan fingerprint density at radius 2 is 1.53 bits per heavy atom. The smallest absolute Gasteiger partial charge is 0.126 e. The van der Waals surface area contributed by atoms with Crippen LogP contribution in [-0.4, -0.2) is 24.1 Å². The number of ether oxygens (including phenoxy) is 1. The van der Waals surface area contributed by atoms with Crippen molar-refractivity contribution in [3.8, 4) is 0 Å². The molecule has 0 aromatic heterocycles. The van der Waals surface area contributed by atoms with E-state index < -0.39 is 0 Å². The van der Waals surface area contributed by atoms with Crippen LogP contribution in [0.1, 0.15) is 29.0 Å². The van der Waals surface area contributed by atoms with E-state index in [1.807, 2.05) is 18.2 Å². The maximum Gasteiger partial charge on any atom is 0.126 e. The molecule has 1 aliphatic heterocycles. The Morgan fingerprint density at radius 3 is 2.38 bits per heavy atom. The number of hydrogen-bond acceptors (Lipinski definition) is 2. The van der Waals surface area contributed by atoms with Crippen molar-refractivity contribution in [3.63, 3.8) is 0 Å². The van der Waals surface area contributed by atoms with Crippen LogP contribution in [0.2, 0.25) is 0 Å². The SMILES string of the molecule is Fc1ccccc1C1CCN(Cc2ccccc2)CC1OCc1ccc2ccccc2c1. The summed E-state index contributed by atoms with van der Waals surface area (Å²) in [5, 5.41) is 2.45. The van der Waals surface area contributed by atoms with Gasteiger partial charge in [0.15, 0.2) is 0 Å². The molecular formula is C29H28FNO. The van der Waals surface area contributed by atoms with Crippen LogP contribution in [0, 0.1) is 5.82 Å². The van der Waals surface area contributed by atoms with Crippen LogP contribution in [-0.2, 0) is 17.9 Å². The summed E-state index contributed by atoms with van der Waals surface area (Å²) >= 11 is 0. The minimum atomic E-state index is -0.131. The predicted octanol–water partition coefficient (Wildman–Crippen LogP) is 6.55. The predicted molar refractivity (Wildman–Crippen MR) is 128 cm³/mol. The van der Waals surface area contributed by atoms with E-state index in [2.05, 4.69) is 71.6 Å². The first-order valence-corrected chi connectivity index (χ1v) is 11.4. The quantitative estimate of drug-likeness (QED) is 0.347. The number of halogens is 1. The van der Waals surface area contributed by atoms with Crippen molar-refractivity contribution in [2.75, 3.05) is 13.1 Å². The van der Waals surface area contributed by atoms with E-state index in [-0.39, 0.29) is 17.8 Å². The van der Waals surface area contributed by atoms with Gasteiger partial charge in [0, 0.05) is 19.0 Å². The van der Waals surface area contributed by atoms with Gasteiger partial charge in [-0.1, -0.05) is 84.9 Å². The lowest BCUT2D eigenvalue weighted by Crippen LogP contribution is -2.43. The summed E-state index contributed by atoms with van der Waals surface area (Å²) in [6.45, 7) is 3.14. The van der Waals surface area contributed by atoms with Gasteiger partial charge in [0.2, 0.25) is 0 Å². The fraction of sp³-hybridized carbons (Fsp3) is 0.241. The highest BCUT2D eigenvalue weighted by atomic mass is 19.1. The molecule has 2 nitrogen and oxygen atoms in total. The number of likely N-dealkylation sites (tertiary alicyclic amines) is 1. The second kappa shape index (κ2) is 9.64. The number of fused-ring (bicyclic) bond motifs is 1. The van der Waals surface area contributed by atoms with E-state index in [1.54, 1.807) is 12.1 Å². The third-order valence-corrected chi connectivity index (χ3v) is 6.47. The molecule has 2 atom stereocenters. The number of benzene rings is 4. The summed E-state index contributed by atoms with van der Waals surface area (Å²) in [7, 11) is 0. The van der Waals surface area contributed by atoms with Gasteiger partial charge in [-0.25, -0.2) is 4.39 Å². The minimum absolute atomic E-state index is 0.0590. The number of hydrogen-bond donors (Lipinski definition) is 0. The molecule has 1 aliphatic rings. The lowest BCUT2D eigenvalue weighted by molar-refractivity contribution is -0.0270. The molecule has 1 heterocycles. The maximum atomic E-state index is 14.7. The first-order valence-electron chi connectivity index (χ1n) is 11.4. The van der Waals surface area contributed by atoms with Crippen LogP contribution in [0.15, 0.2) is 97.1 Å². The Balaban J connectivity index is 1.35.